The van der Waals surface area contributed by atoms with Gasteiger partial charge in [0.1, 0.15) is 0 Å². The molecule has 26 heavy (non-hydrogen) atoms. The zero-order valence-electron chi connectivity index (χ0n) is 15.4. The van der Waals surface area contributed by atoms with Crippen LogP contribution in [0.2, 0.25) is 0 Å². The highest BCUT2D eigenvalue weighted by molar-refractivity contribution is 5.89. The topological polar surface area (TPSA) is 66.8 Å². The van der Waals surface area contributed by atoms with Crippen LogP contribution in [0.5, 0.6) is 0 Å². The van der Waals surface area contributed by atoms with Crippen LogP contribution in [0.4, 0.5) is 4.79 Å². The first-order valence-electron chi connectivity index (χ1n) is 8.93. The average molecular weight is 358 g/mol. The van der Waals surface area contributed by atoms with Crippen molar-refractivity contribution in [2.24, 2.45) is 7.05 Å². The first-order chi connectivity index (χ1) is 12.6. The van der Waals surface area contributed by atoms with Crippen molar-refractivity contribution in [2.45, 2.75) is 6.42 Å². The molecule has 1 aromatic carbocycles. The van der Waals surface area contributed by atoms with Gasteiger partial charge in [0.2, 0.25) is 5.91 Å². The Labute approximate surface area is 153 Å². The summed E-state index contributed by atoms with van der Waals surface area (Å²) in [6.45, 7) is 4.33. The fraction of sp³-hybridized carbons (Fsp3) is 0.474. The van der Waals surface area contributed by atoms with Crippen LogP contribution in [0.25, 0.3) is 10.9 Å². The highest BCUT2D eigenvalue weighted by Crippen LogP contribution is 2.20. The second-order valence-corrected chi connectivity index (χ2v) is 6.61. The summed E-state index contributed by atoms with van der Waals surface area (Å²) < 4.78 is 6.79. The molecule has 1 aromatic heterocycles. The highest BCUT2D eigenvalue weighted by atomic mass is 16.5. The van der Waals surface area contributed by atoms with E-state index in [1.54, 1.807) is 4.90 Å². The van der Waals surface area contributed by atoms with E-state index in [4.69, 9.17) is 4.74 Å². The molecule has 0 saturated carbocycles. The molecule has 140 valence electrons. The fourth-order valence-corrected chi connectivity index (χ4v) is 3.44. The number of benzene rings is 1. The minimum absolute atomic E-state index is 0.0366. The van der Waals surface area contributed by atoms with E-state index in [-0.39, 0.29) is 12.0 Å². The van der Waals surface area contributed by atoms with E-state index in [9.17, 15) is 9.59 Å². The molecule has 0 aliphatic carbocycles. The summed E-state index contributed by atoms with van der Waals surface area (Å²) in [4.78, 5) is 27.7. The molecule has 1 fully saturated rings. The SMILES string of the molecule is COC(=O)N1CCN(CCNC(=O)Cc2cn(C)c3ccccc23)CC1. The molecule has 0 radical (unpaired) electrons. The van der Waals surface area contributed by atoms with Crippen LogP contribution in [0.3, 0.4) is 0 Å². The number of methoxy groups -OCH3 is 1. The quantitative estimate of drug-likeness (QED) is 0.873. The molecule has 1 saturated heterocycles. The number of carbonyl (C=O) groups excluding carboxylic acids is 2. The first kappa shape index (κ1) is 18.3. The standard InChI is InChI=1S/C19H26N4O3/c1-21-14-15(16-5-3-4-6-17(16)21)13-18(24)20-7-8-22-9-11-23(12-10-22)19(25)26-2/h3-6,14H,7-13H2,1-2H3,(H,20,24). The zero-order valence-corrected chi connectivity index (χ0v) is 15.4. The number of fused-ring (bicyclic) bond motifs is 1. The Bertz CT molecular complexity index is 778. The van der Waals surface area contributed by atoms with Crippen molar-refractivity contribution >= 4 is 22.9 Å². The average Bonchev–Trinajstić information content (AvgIpc) is 2.97. The third kappa shape index (κ3) is 4.16. The van der Waals surface area contributed by atoms with Crippen LogP contribution < -0.4 is 5.32 Å². The number of rotatable bonds is 5. The van der Waals surface area contributed by atoms with Crippen molar-refractivity contribution in [3.63, 3.8) is 0 Å². The molecular weight excluding hydrogens is 332 g/mol. The van der Waals surface area contributed by atoms with Gasteiger partial charge < -0.3 is 19.5 Å². The normalized spacial score (nSPS) is 15.2. The van der Waals surface area contributed by atoms with Crippen LogP contribution in [0.15, 0.2) is 30.5 Å². The lowest BCUT2D eigenvalue weighted by Crippen LogP contribution is -2.50. The number of para-hydroxylation sites is 1. The summed E-state index contributed by atoms with van der Waals surface area (Å²) in [5.74, 6) is 0.0366. The Hall–Kier alpha value is -2.54. The Kier molecular flexibility index (Phi) is 5.78. The van der Waals surface area contributed by atoms with Crippen molar-refractivity contribution in [1.82, 2.24) is 19.7 Å². The van der Waals surface area contributed by atoms with Crippen LogP contribution in [-0.2, 0) is 23.0 Å². The van der Waals surface area contributed by atoms with Gasteiger partial charge in [-0.05, 0) is 11.6 Å². The highest BCUT2D eigenvalue weighted by Gasteiger charge is 2.21. The Morgan fingerprint density at radius 3 is 2.62 bits per heavy atom. The predicted octanol–water partition coefficient (Wildman–Crippen LogP) is 1.22. The molecular formula is C19H26N4O3. The number of carbonyl (C=O) groups is 2. The maximum absolute atomic E-state index is 12.3. The lowest BCUT2D eigenvalue weighted by atomic mass is 10.1. The van der Waals surface area contributed by atoms with Gasteiger partial charge in [0, 0.05) is 63.4 Å². The number of hydrogen-bond acceptors (Lipinski definition) is 4. The lowest BCUT2D eigenvalue weighted by Gasteiger charge is -2.33. The summed E-state index contributed by atoms with van der Waals surface area (Å²) in [6.07, 6.45) is 2.14. The van der Waals surface area contributed by atoms with E-state index in [0.29, 0.717) is 26.1 Å². The number of nitrogens with zero attached hydrogens (tertiary/aromatic N) is 3. The lowest BCUT2D eigenvalue weighted by molar-refractivity contribution is -0.120. The van der Waals surface area contributed by atoms with E-state index in [2.05, 4.69) is 26.9 Å². The molecule has 3 rings (SSSR count). The molecule has 0 bridgehead atoms. The number of hydrogen-bond donors (Lipinski definition) is 1. The van der Waals surface area contributed by atoms with Crippen LogP contribution in [-0.4, -0.2) is 72.7 Å². The van der Waals surface area contributed by atoms with Crippen LogP contribution >= 0.6 is 0 Å². The van der Waals surface area contributed by atoms with Crippen molar-refractivity contribution in [2.75, 3.05) is 46.4 Å². The van der Waals surface area contributed by atoms with Gasteiger partial charge in [-0.1, -0.05) is 18.2 Å². The van der Waals surface area contributed by atoms with E-state index in [1.807, 2.05) is 25.4 Å². The smallest absolute Gasteiger partial charge is 0.409 e. The molecule has 0 atom stereocenters. The van der Waals surface area contributed by atoms with Gasteiger partial charge in [-0.15, -0.1) is 0 Å². The summed E-state index contributed by atoms with van der Waals surface area (Å²) >= 11 is 0. The fourth-order valence-electron chi connectivity index (χ4n) is 3.44. The maximum atomic E-state index is 12.3. The summed E-state index contributed by atoms with van der Waals surface area (Å²) in [5, 5.41) is 4.13. The minimum Gasteiger partial charge on any atom is -0.453 e. The van der Waals surface area contributed by atoms with Crippen molar-refractivity contribution in [1.29, 1.82) is 0 Å². The third-order valence-electron chi connectivity index (χ3n) is 4.89. The Morgan fingerprint density at radius 2 is 1.88 bits per heavy atom. The molecule has 1 aliphatic heterocycles. The van der Waals surface area contributed by atoms with Crippen LogP contribution in [0, 0.1) is 0 Å². The summed E-state index contributed by atoms with van der Waals surface area (Å²) in [5.41, 5.74) is 2.19. The Morgan fingerprint density at radius 1 is 1.15 bits per heavy atom. The van der Waals surface area contributed by atoms with Crippen LogP contribution in [0.1, 0.15) is 5.56 Å². The molecule has 1 aliphatic rings. The molecule has 0 spiro atoms. The van der Waals surface area contributed by atoms with E-state index < -0.39 is 0 Å². The van der Waals surface area contributed by atoms with E-state index in [1.165, 1.54) is 7.11 Å². The Balaban J connectivity index is 1.43. The zero-order chi connectivity index (χ0) is 18.5. The number of nitrogens with one attached hydrogen (secondary N) is 1. The molecule has 2 amide bonds. The molecule has 1 N–H and O–H groups in total. The molecule has 7 heteroatoms. The third-order valence-corrected chi connectivity index (χ3v) is 4.89. The van der Waals surface area contributed by atoms with Gasteiger partial charge in [-0.3, -0.25) is 9.69 Å². The van der Waals surface area contributed by atoms with Gasteiger partial charge in [-0.2, -0.15) is 0 Å². The molecule has 2 heterocycles. The van der Waals surface area contributed by atoms with Gasteiger partial charge in [0.05, 0.1) is 13.5 Å². The molecule has 7 nitrogen and oxygen atoms in total. The largest absolute Gasteiger partial charge is 0.453 e. The van der Waals surface area contributed by atoms with Gasteiger partial charge >= 0.3 is 6.09 Å². The van der Waals surface area contributed by atoms with Crippen molar-refractivity contribution in [3.8, 4) is 0 Å². The minimum atomic E-state index is -0.270. The van der Waals surface area contributed by atoms with Gasteiger partial charge in [0.15, 0.2) is 0 Å². The first-order valence-corrected chi connectivity index (χ1v) is 8.93. The second-order valence-electron chi connectivity index (χ2n) is 6.61. The molecule has 2 aromatic rings. The van der Waals surface area contributed by atoms with Crippen molar-refractivity contribution < 1.29 is 14.3 Å². The summed E-state index contributed by atoms with van der Waals surface area (Å²) in [6, 6.07) is 8.12. The summed E-state index contributed by atoms with van der Waals surface area (Å²) in [7, 11) is 3.40. The number of ether oxygens (including phenoxy) is 1. The van der Waals surface area contributed by atoms with Crippen molar-refractivity contribution in [3.05, 3.63) is 36.0 Å². The number of piperazine rings is 1. The van der Waals surface area contributed by atoms with E-state index >= 15 is 0 Å². The molecule has 0 unspecified atom stereocenters. The number of aromatic nitrogens is 1. The maximum Gasteiger partial charge on any atom is 0.409 e. The predicted molar refractivity (Wildman–Crippen MR) is 100 cm³/mol. The van der Waals surface area contributed by atoms with Gasteiger partial charge in [-0.25, -0.2) is 4.79 Å². The van der Waals surface area contributed by atoms with Gasteiger partial charge in [0.25, 0.3) is 0 Å². The monoisotopic (exact) mass is 358 g/mol. The number of amides is 2. The number of aryl methyl sites for hydroxylation is 1. The van der Waals surface area contributed by atoms with E-state index in [0.717, 1.165) is 36.1 Å². The second kappa shape index (κ2) is 8.23.